The van der Waals surface area contributed by atoms with Crippen molar-refractivity contribution in [2.75, 3.05) is 39.3 Å². The Balaban J connectivity index is 0.00000529. The van der Waals surface area contributed by atoms with E-state index in [9.17, 15) is 5.11 Å². The lowest BCUT2D eigenvalue weighted by atomic mass is 10.0. The average molecular weight is 452 g/mol. The Morgan fingerprint density at radius 1 is 1.29 bits per heavy atom. The maximum Gasteiger partial charge on any atom is 0.191 e. The fourth-order valence-electron chi connectivity index (χ4n) is 2.29. The number of aliphatic hydroxyl groups is 1. The lowest BCUT2D eigenvalue weighted by molar-refractivity contribution is 0.0437. The molecule has 7 heteroatoms. The fraction of sp³-hybridized carbons (Fsp3) is 0.706. The molecule has 1 rings (SSSR count). The van der Waals surface area contributed by atoms with Gasteiger partial charge in [0.2, 0.25) is 0 Å². The summed E-state index contributed by atoms with van der Waals surface area (Å²) in [5, 5.41) is 16.9. The van der Waals surface area contributed by atoms with Crippen LogP contribution in [0.15, 0.2) is 27.8 Å². The van der Waals surface area contributed by atoms with E-state index in [1.807, 2.05) is 6.92 Å². The van der Waals surface area contributed by atoms with E-state index in [0.29, 0.717) is 5.76 Å². The highest BCUT2D eigenvalue weighted by Crippen LogP contribution is 2.20. The molecule has 0 bridgehead atoms. The van der Waals surface area contributed by atoms with Gasteiger partial charge >= 0.3 is 0 Å². The van der Waals surface area contributed by atoms with Gasteiger partial charge in [-0.25, -0.2) is 4.99 Å². The first-order chi connectivity index (χ1) is 11.0. The Hall–Kier alpha value is -0.800. The summed E-state index contributed by atoms with van der Waals surface area (Å²) in [7, 11) is 0. The number of rotatable bonds is 10. The first-order valence-corrected chi connectivity index (χ1v) is 8.54. The molecule has 0 spiro atoms. The maximum atomic E-state index is 10.4. The molecular formula is C17H33IN4O2. The molecule has 1 aromatic rings. The molecule has 6 nitrogen and oxygen atoms in total. The number of halogens is 1. The monoisotopic (exact) mass is 452 g/mol. The molecule has 24 heavy (non-hydrogen) atoms. The second kappa shape index (κ2) is 12.5. The number of hydrogen-bond acceptors (Lipinski definition) is 4. The van der Waals surface area contributed by atoms with Gasteiger partial charge < -0.3 is 25.1 Å². The number of hydrogen-bond donors (Lipinski definition) is 3. The zero-order chi connectivity index (χ0) is 17.1. The van der Waals surface area contributed by atoms with Crippen LogP contribution in [0.5, 0.6) is 0 Å². The highest BCUT2D eigenvalue weighted by Gasteiger charge is 2.25. The molecule has 1 aromatic heterocycles. The summed E-state index contributed by atoms with van der Waals surface area (Å²) in [4.78, 5) is 6.87. The van der Waals surface area contributed by atoms with E-state index in [1.54, 1.807) is 25.3 Å². The molecular weight excluding hydrogens is 419 g/mol. The molecule has 0 fully saturated rings. The summed E-state index contributed by atoms with van der Waals surface area (Å²) >= 11 is 0. The van der Waals surface area contributed by atoms with Gasteiger partial charge in [0.1, 0.15) is 11.4 Å². The van der Waals surface area contributed by atoms with E-state index in [-0.39, 0.29) is 30.5 Å². The van der Waals surface area contributed by atoms with Crippen LogP contribution in [0.2, 0.25) is 0 Å². The quantitative estimate of drug-likeness (QED) is 0.220. The van der Waals surface area contributed by atoms with Crippen molar-refractivity contribution >= 4 is 29.9 Å². The smallest absolute Gasteiger partial charge is 0.191 e. The minimum Gasteiger partial charge on any atom is -0.466 e. The molecule has 0 aromatic carbocycles. The predicted molar refractivity (Wildman–Crippen MR) is 110 cm³/mol. The molecule has 0 aliphatic heterocycles. The van der Waals surface area contributed by atoms with E-state index in [0.717, 1.165) is 45.1 Å². The van der Waals surface area contributed by atoms with Gasteiger partial charge in [0, 0.05) is 13.1 Å². The Morgan fingerprint density at radius 2 is 2.00 bits per heavy atom. The van der Waals surface area contributed by atoms with E-state index in [4.69, 9.17) is 4.42 Å². The first kappa shape index (κ1) is 23.2. The SMILES string of the molecule is CCNC(=NCC(C)(O)c1ccco1)NCCCN(CC)CC.I. The average Bonchev–Trinajstić information content (AvgIpc) is 3.08. The van der Waals surface area contributed by atoms with E-state index < -0.39 is 5.60 Å². The molecule has 1 heterocycles. The third-order valence-corrected chi connectivity index (χ3v) is 3.78. The number of nitrogens with one attached hydrogen (secondary N) is 2. The van der Waals surface area contributed by atoms with Crippen LogP contribution in [0.4, 0.5) is 0 Å². The molecule has 1 atom stereocenters. The van der Waals surface area contributed by atoms with Crippen LogP contribution in [-0.2, 0) is 5.60 Å². The standard InChI is InChI=1S/C17H32N4O2.HI/c1-5-18-16(19-11-9-12-21(6-2)7-3)20-14-17(4,22)15-10-8-13-23-15;/h8,10,13,22H,5-7,9,11-12,14H2,1-4H3,(H2,18,19,20);1H. The van der Waals surface area contributed by atoms with Crippen molar-refractivity contribution in [3.05, 3.63) is 24.2 Å². The van der Waals surface area contributed by atoms with Crippen molar-refractivity contribution in [2.45, 2.75) is 39.7 Å². The predicted octanol–water partition coefficient (Wildman–Crippen LogP) is 2.39. The van der Waals surface area contributed by atoms with Crippen LogP contribution in [0, 0.1) is 0 Å². The molecule has 3 N–H and O–H groups in total. The van der Waals surface area contributed by atoms with Crippen molar-refractivity contribution in [1.29, 1.82) is 0 Å². The van der Waals surface area contributed by atoms with Gasteiger partial charge in [-0.1, -0.05) is 13.8 Å². The van der Waals surface area contributed by atoms with E-state index in [2.05, 4.69) is 34.4 Å². The summed E-state index contributed by atoms with van der Waals surface area (Å²) < 4.78 is 5.27. The molecule has 0 amide bonds. The Labute approximate surface area is 163 Å². The fourth-order valence-corrected chi connectivity index (χ4v) is 2.29. The molecule has 140 valence electrons. The zero-order valence-corrected chi connectivity index (χ0v) is 17.7. The lowest BCUT2D eigenvalue weighted by Gasteiger charge is -2.20. The van der Waals surface area contributed by atoms with Crippen molar-refractivity contribution < 1.29 is 9.52 Å². The molecule has 0 saturated heterocycles. The molecule has 0 aliphatic carbocycles. The van der Waals surface area contributed by atoms with Gasteiger partial charge in [-0.05, 0) is 52.0 Å². The minimum atomic E-state index is -1.10. The number of aliphatic imine (C=N–C) groups is 1. The normalized spacial score (nSPS) is 14.2. The van der Waals surface area contributed by atoms with Crippen LogP contribution in [0.1, 0.15) is 39.9 Å². The summed E-state index contributed by atoms with van der Waals surface area (Å²) in [5.41, 5.74) is -1.10. The van der Waals surface area contributed by atoms with Gasteiger partial charge in [-0.15, -0.1) is 24.0 Å². The number of nitrogens with zero attached hydrogens (tertiary/aromatic N) is 2. The van der Waals surface area contributed by atoms with Crippen molar-refractivity contribution in [1.82, 2.24) is 15.5 Å². The van der Waals surface area contributed by atoms with Gasteiger partial charge in [0.05, 0.1) is 12.8 Å². The molecule has 1 unspecified atom stereocenters. The number of furan rings is 1. The molecule has 0 aliphatic rings. The van der Waals surface area contributed by atoms with Crippen LogP contribution in [0.3, 0.4) is 0 Å². The first-order valence-electron chi connectivity index (χ1n) is 8.54. The highest BCUT2D eigenvalue weighted by molar-refractivity contribution is 14.0. The van der Waals surface area contributed by atoms with E-state index in [1.165, 1.54) is 0 Å². The van der Waals surface area contributed by atoms with Gasteiger partial charge in [0.15, 0.2) is 5.96 Å². The Kier molecular flexibility index (Phi) is 12.1. The van der Waals surface area contributed by atoms with Crippen molar-refractivity contribution in [3.8, 4) is 0 Å². The Morgan fingerprint density at radius 3 is 2.54 bits per heavy atom. The van der Waals surface area contributed by atoms with Crippen LogP contribution >= 0.6 is 24.0 Å². The summed E-state index contributed by atoms with van der Waals surface area (Å²) in [5.74, 6) is 1.25. The van der Waals surface area contributed by atoms with Crippen LogP contribution in [-0.4, -0.2) is 55.2 Å². The van der Waals surface area contributed by atoms with Crippen LogP contribution < -0.4 is 10.6 Å². The highest BCUT2D eigenvalue weighted by atomic mass is 127. The third-order valence-electron chi connectivity index (χ3n) is 3.78. The van der Waals surface area contributed by atoms with Gasteiger partial charge in [-0.3, -0.25) is 0 Å². The second-order valence-corrected chi connectivity index (χ2v) is 5.75. The Bertz CT molecular complexity index is 445. The molecule has 0 radical (unpaired) electrons. The van der Waals surface area contributed by atoms with Crippen LogP contribution in [0.25, 0.3) is 0 Å². The largest absolute Gasteiger partial charge is 0.466 e. The van der Waals surface area contributed by atoms with Crippen molar-refractivity contribution in [2.24, 2.45) is 4.99 Å². The maximum absolute atomic E-state index is 10.4. The zero-order valence-electron chi connectivity index (χ0n) is 15.3. The number of guanidine groups is 1. The second-order valence-electron chi connectivity index (χ2n) is 5.75. The van der Waals surface area contributed by atoms with E-state index >= 15 is 0 Å². The minimum absolute atomic E-state index is 0. The molecule has 0 saturated carbocycles. The van der Waals surface area contributed by atoms with Gasteiger partial charge in [-0.2, -0.15) is 0 Å². The summed E-state index contributed by atoms with van der Waals surface area (Å²) in [6.45, 7) is 13.2. The summed E-state index contributed by atoms with van der Waals surface area (Å²) in [6.07, 6.45) is 2.62. The topological polar surface area (TPSA) is 73.0 Å². The summed E-state index contributed by atoms with van der Waals surface area (Å²) in [6, 6.07) is 3.53. The van der Waals surface area contributed by atoms with Crippen molar-refractivity contribution in [3.63, 3.8) is 0 Å². The lowest BCUT2D eigenvalue weighted by Crippen LogP contribution is -2.40. The third kappa shape index (κ3) is 8.34. The van der Waals surface area contributed by atoms with Gasteiger partial charge in [0.25, 0.3) is 0 Å².